The van der Waals surface area contributed by atoms with E-state index in [1.54, 1.807) is 12.1 Å². The summed E-state index contributed by atoms with van der Waals surface area (Å²) in [5.41, 5.74) is 2.10. The van der Waals surface area contributed by atoms with Gasteiger partial charge in [-0.25, -0.2) is 8.78 Å². The highest BCUT2D eigenvalue weighted by Gasteiger charge is 2.40. The van der Waals surface area contributed by atoms with Gasteiger partial charge in [-0.05, 0) is 24.5 Å². The minimum Gasteiger partial charge on any atom is -0.308 e. The fourth-order valence-corrected chi connectivity index (χ4v) is 2.64. The van der Waals surface area contributed by atoms with E-state index in [0.29, 0.717) is 12.5 Å². The molecule has 1 aliphatic carbocycles. The van der Waals surface area contributed by atoms with Gasteiger partial charge >= 0.3 is 0 Å². The summed E-state index contributed by atoms with van der Waals surface area (Å²) in [6, 6.07) is 5.74. The van der Waals surface area contributed by atoms with Gasteiger partial charge in [-0.1, -0.05) is 32.0 Å². The molecule has 0 spiro atoms. The molecule has 1 N–H and O–H groups in total. The van der Waals surface area contributed by atoms with Crippen LogP contribution in [-0.4, -0.2) is 6.04 Å². The summed E-state index contributed by atoms with van der Waals surface area (Å²) < 4.78 is 27.2. The molecule has 0 heterocycles. The van der Waals surface area contributed by atoms with Gasteiger partial charge in [0.1, 0.15) is 0 Å². The van der Waals surface area contributed by atoms with Gasteiger partial charge in [0.05, 0.1) is 0 Å². The van der Waals surface area contributed by atoms with Gasteiger partial charge in [0, 0.05) is 24.1 Å². The first kappa shape index (κ1) is 12.5. The van der Waals surface area contributed by atoms with Crippen LogP contribution in [-0.2, 0) is 12.3 Å². The van der Waals surface area contributed by atoms with E-state index >= 15 is 0 Å². The summed E-state index contributed by atoms with van der Waals surface area (Å²) in [5, 5.41) is 3.37. The van der Waals surface area contributed by atoms with Crippen LogP contribution < -0.4 is 5.32 Å². The number of halogens is 2. The molecule has 0 radical (unpaired) electrons. The Morgan fingerprint density at radius 2 is 1.94 bits per heavy atom. The van der Waals surface area contributed by atoms with E-state index in [2.05, 4.69) is 19.2 Å². The van der Waals surface area contributed by atoms with E-state index in [0.717, 1.165) is 11.1 Å². The quantitative estimate of drug-likeness (QED) is 0.846. The molecule has 0 saturated carbocycles. The Morgan fingerprint density at radius 3 is 2.59 bits per heavy atom. The largest absolute Gasteiger partial charge is 0.308 e. The van der Waals surface area contributed by atoms with Crippen molar-refractivity contribution < 1.29 is 8.78 Å². The van der Waals surface area contributed by atoms with Crippen molar-refractivity contribution >= 4 is 0 Å². The lowest BCUT2D eigenvalue weighted by atomic mass is 9.97. The van der Waals surface area contributed by atoms with Crippen molar-refractivity contribution in [2.45, 2.75) is 51.6 Å². The van der Waals surface area contributed by atoms with Gasteiger partial charge in [0.25, 0.3) is 5.92 Å². The van der Waals surface area contributed by atoms with Gasteiger partial charge < -0.3 is 5.32 Å². The first-order valence-corrected chi connectivity index (χ1v) is 6.18. The minimum atomic E-state index is -2.64. The Labute approximate surface area is 101 Å². The number of hydrogen-bond donors (Lipinski definition) is 1. The number of fused-ring (bicyclic) bond motifs is 1. The first-order valence-electron chi connectivity index (χ1n) is 6.18. The lowest BCUT2D eigenvalue weighted by Gasteiger charge is -2.20. The molecule has 3 heteroatoms. The maximum absolute atomic E-state index is 13.6. The predicted molar refractivity (Wildman–Crippen MR) is 65.3 cm³/mol. The number of benzene rings is 1. The van der Waals surface area contributed by atoms with Crippen molar-refractivity contribution in [3.8, 4) is 0 Å². The molecule has 0 aromatic heterocycles. The van der Waals surface area contributed by atoms with E-state index in [9.17, 15) is 8.78 Å². The molecule has 0 saturated heterocycles. The van der Waals surface area contributed by atoms with Gasteiger partial charge in [-0.3, -0.25) is 0 Å². The monoisotopic (exact) mass is 239 g/mol. The van der Waals surface area contributed by atoms with E-state index in [-0.39, 0.29) is 18.0 Å². The van der Waals surface area contributed by atoms with E-state index in [1.165, 1.54) is 0 Å². The lowest BCUT2D eigenvalue weighted by molar-refractivity contribution is -0.00184. The van der Waals surface area contributed by atoms with Crippen LogP contribution in [0.3, 0.4) is 0 Å². The smallest absolute Gasteiger partial charge is 0.273 e. The van der Waals surface area contributed by atoms with Crippen molar-refractivity contribution in [1.29, 1.82) is 0 Å². The normalized spacial score (nSPS) is 19.4. The molecule has 0 fully saturated rings. The highest BCUT2D eigenvalue weighted by molar-refractivity contribution is 5.43. The summed E-state index contributed by atoms with van der Waals surface area (Å²) in [6.07, 6.45) is 0.441. The second-order valence-electron chi connectivity index (χ2n) is 5.12. The molecular formula is C14H19F2N. The maximum Gasteiger partial charge on any atom is 0.273 e. The predicted octanol–water partition coefficient (Wildman–Crippen LogP) is 3.78. The Kier molecular flexibility index (Phi) is 3.21. The molecule has 1 aliphatic rings. The number of rotatable bonds is 3. The van der Waals surface area contributed by atoms with Crippen LogP contribution in [0.15, 0.2) is 18.2 Å². The molecule has 1 nitrogen and oxygen atoms in total. The number of nitrogens with one attached hydrogen (secondary N) is 1. The zero-order chi connectivity index (χ0) is 12.6. The topological polar surface area (TPSA) is 12.0 Å². The molecule has 17 heavy (non-hydrogen) atoms. The zero-order valence-electron chi connectivity index (χ0n) is 10.6. The third-order valence-corrected chi connectivity index (χ3v) is 3.35. The van der Waals surface area contributed by atoms with Crippen LogP contribution >= 0.6 is 0 Å². The third kappa shape index (κ3) is 2.34. The number of hydrogen-bond acceptors (Lipinski definition) is 1. The maximum atomic E-state index is 13.6. The van der Waals surface area contributed by atoms with Crippen LogP contribution in [0.4, 0.5) is 8.78 Å². The summed E-state index contributed by atoms with van der Waals surface area (Å²) in [4.78, 5) is 0. The lowest BCUT2D eigenvalue weighted by Crippen LogP contribution is -2.26. The molecule has 0 amide bonds. The van der Waals surface area contributed by atoms with E-state index < -0.39 is 5.92 Å². The van der Waals surface area contributed by atoms with E-state index in [4.69, 9.17) is 0 Å². The molecule has 1 aromatic rings. The van der Waals surface area contributed by atoms with E-state index in [1.807, 2.05) is 13.0 Å². The Morgan fingerprint density at radius 1 is 1.24 bits per heavy atom. The van der Waals surface area contributed by atoms with Crippen molar-refractivity contribution in [2.24, 2.45) is 0 Å². The Hall–Kier alpha value is -0.960. The van der Waals surface area contributed by atoms with Crippen molar-refractivity contribution in [3.05, 3.63) is 34.9 Å². The summed E-state index contributed by atoms with van der Waals surface area (Å²) in [5.74, 6) is -2.64. The molecule has 1 aromatic carbocycles. The third-order valence-electron chi connectivity index (χ3n) is 3.35. The second kappa shape index (κ2) is 4.37. The summed E-state index contributed by atoms with van der Waals surface area (Å²) in [6.45, 7) is 6.16. The SMILES string of the molecule is CC(C)N[C@H](C)c1cccc2c1CCC2(F)F. The fourth-order valence-electron chi connectivity index (χ4n) is 2.64. The Bertz CT molecular complexity index is 413. The van der Waals surface area contributed by atoms with Crippen LogP contribution in [0.1, 0.15) is 49.9 Å². The standard InChI is InChI=1S/C14H19F2N/c1-9(2)17-10(3)11-5-4-6-13-12(11)7-8-14(13,15)16/h4-6,9-10,17H,7-8H2,1-3H3/t10-/m1/s1. The van der Waals surface area contributed by atoms with Gasteiger partial charge in [0.2, 0.25) is 0 Å². The average molecular weight is 239 g/mol. The molecular weight excluding hydrogens is 220 g/mol. The van der Waals surface area contributed by atoms with Crippen molar-refractivity contribution in [2.75, 3.05) is 0 Å². The second-order valence-corrected chi connectivity index (χ2v) is 5.12. The van der Waals surface area contributed by atoms with Gasteiger partial charge in [-0.2, -0.15) is 0 Å². The highest BCUT2D eigenvalue weighted by Crippen LogP contribution is 2.43. The van der Waals surface area contributed by atoms with Gasteiger partial charge in [0.15, 0.2) is 0 Å². The van der Waals surface area contributed by atoms with Crippen LogP contribution in [0.5, 0.6) is 0 Å². The highest BCUT2D eigenvalue weighted by atomic mass is 19.3. The molecule has 0 unspecified atom stereocenters. The van der Waals surface area contributed by atoms with Crippen molar-refractivity contribution in [1.82, 2.24) is 5.32 Å². The fraction of sp³-hybridized carbons (Fsp3) is 0.571. The molecule has 2 rings (SSSR count). The average Bonchev–Trinajstić information content (AvgIpc) is 2.54. The summed E-state index contributed by atoms with van der Waals surface area (Å²) >= 11 is 0. The summed E-state index contributed by atoms with van der Waals surface area (Å²) in [7, 11) is 0. The van der Waals surface area contributed by atoms with Gasteiger partial charge in [-0.15, -0.1) is 0 Å². The molecule has 94 valence electrons. The van der Waals surface area contributed by atoms with Crippen LogP contribution in [0.2, 0.25) is 0 Å². The Balaban J connectivity index is 2.35. The van der Waals surface area contributed by atoms with Crippen LogP contribution in [0, 0.1) is 0 Å². The first-order chi connectivity index (χ1) is 7.92. The molecule has 0 aliphatic heterocycles. The molecule has 1 atom stereocenters. The number of alkyl halides is 2. The van der Waals surface area contributed by atoms with Crippen molar-refractivity contribution in [3.63, 3.8) is 0 Å². The van der Waals surface area contributed by atoms with Crippen LogP contribution in [0.25, 0.3) is 0 Å². The zero-order valence-corrected chi connectivity index (χ0v) is 10.6. The minimum absolute atomic E-state index is 0.0479. The molecule has 0 bridgehead atoms.